The fourth-order valence-electron chi connectivity index (χ4n) is 6.21. The lowest BCUT2D eigenvalue weighted by Crippen LogP contribution is -2.65. The lowest BCUT2D eigenvalue weighted by molar-refractivity contribution is -0.170. The molecule has 2 bridgehead atoms. The first kappa shape index (κ1) is 12.6. The van der Waals surface area contributed by atoms with E-state index in [1.807, 2.05) is 13.8 Å². The Morgan fingerprint density at radius 2 is 0.864 bits per heavy atom. The number of nitrogens with one attached hydrogen (secondary N) is 2. The number of hydrogen-bond donors (Lipinski definition) is 2. The third-order valence-electron chi connectivity index (χ3n) is 6.98. The van der Waals surface area contributed by atoms with Crippen molar-refractivity contribution in [2.75, 3.05) is 0 Å². The van der Waals surface area contributed by atoms with Crippen LogP contribution in [0.5, 0.6) is 0 Å². The van der Waals surface area contributed by atoms with Crippen LogP contribution in [-0.4, -0.2) is 23.6 Å². The molecule has 2 aliphatic heterocycles. The number of carbonyl (C=O) groups excluding carboxylic acids is 4. The fraction of sp³-hybridized carbons (Fsp3) is 0.625. The smallest absolute Gasteiger partial charge is 0.231 e. The number of hydrogen-bond acceptors (Lipinski definition) is 4. The minimum atomic E-state index is -0.355. The number of amides is 4. The van der Waals surface area contributed by atoms with Crippen molar-refractivity contribution in [1.82, 2.24) is 10.6 Å². The summed E-state index contributed by atoms with van der Waals surface area (Å²) in [6.45, 7) is 4.02. The number of allylic oxidation sites excluding steroid dienone is 2. The molecule has 6 heteroatoms. The standard InChI is InChI=1S/C16H16N2O4/c1-3-4(2)6-8-7(11-12(8)16(22)18-15(11)21)5(3)9-10(6)14(20)17-13(9)19/h5-12H,1-2H3,(H,17,19,20)(H,18,21,22)/t5-,6+,7-,8+,9-,10-,11-,12-/m1/s1. The zero-order valence-corrected chi connectivity index (χ0v) is 12.3. The summed E-state index contributed by atoms with van der Waals surface area (Å²) in [5.74, 6) is -2.23. The summed E-state index contributed by atoms with van der Waals surface area (Å²) in [5, 5.41) is 4.91. The lowest BCUT2D eigenvalue weighted by atomic mass is 9.37. The first-order valence-electron chi connectivity index (χ1n) is 7.80. The van der Waals surface area contributed by atoms with Gasteiger partial charge in [0.05, 0.1) is 23.7 Å². The molecule has 0 radical (unpaired) electrons. The van der Waals surface area contributed by atoms with Gasteiger partial charge in [-0.3, -0.25) is 29.8 Å². The van der Waals surface area contributed by atoms with Crippen LogP contribution in [0.25, 0.3) is 0 Å². The summed E-state index contributed by atoms with van der Waals surface area (Å²) < 4.78 is 0. The molecule has 4 fully saturated rings. The summed E-state index contributed by atoms with van der Waals surface area (Å²) in [6.07, 6.45) is 0. The summed E-state index contributed by atoms with van der Waals surface area (Å²) in [7, 11) is 0. The quantitative estimate of drug-likeness (QED) is 0.470. The van der Waals surface area contributed by atoms with Crippen molar-refractivity contribution in [3.05, 3.63) is 11.1 Å². The van der Waals surface area contributed by atoms with Gasteiger partial charge in [-0.15, -0.1) is 0 Å². The average Bonchev–Trinajstić information content (AvgIpc) is 2.84. The Morgan fingerprint density at radius 1 is 0.545 bits per heavy atom. The summed E-state index contributed by atoms with van der Waals surface area (Å²) in [4.78, 5) is 48.7. The van der Waals surface area contributed by atoms with Crippen molar-refractivity contribution in [1.29, 1.82) is 0 Å². The van der Waals surface area contributed by atoms with E-state index in [0.717, 1.165) is 11.1 Å². The Balaban J connectivity index is 1.70. The Morgan fingerprint density at radius 3 is 1.23 bits per heavy atom. The highest BCUT2D eigenvalue weighted by Crippen LogP contribution is 2.69. The summed E-state index contributed by atoms with van der Waals surface area (Å²) in [5.41, 5.74) is 2.28. The average molecular weight is 300 g/mol. The van der Waals surface area contributed by atoms with E-state index in [1.165, 1.54) is 0 Å². The molecule has 22 heavy (non-hydrogen) atoms. The van der Waals surface area contributed by atoms with Crippen molar-refractivity contribution < 1.29 is 19.2 Å². The van der Waals surface area contributed by atoms with E-state index in [2.05, 4.69) is 10.6 Å². The van der Waals surface area contributed by atoms with Crippen molar-refractivity contribution >= 4 is 23.6 Å². The molecule has 2 saturated carbocycles. The first-order valence-corrected chi connectivity index (χ1v) is 7.80. The Hall–Kier alpha value is -1.98. The van der Waals surface area contributed by atoms with Gasteiger partial charge in [0, 0.05) is 0 Å². The summed E-state index contributed by atoms with van der Waals surface area (Å²) in [6, 6.07) is 0. The highest BCUT2D eigenvalue weighted by molar-refractivity contribution is 6.09. The first-order chi connectivity index (χ1) is 10.4. The molecular formula is C16H16N2O4. The van der Waals surface area contributed by atoms with Gasteiger partial charge in [-0.1, -0.05) is 11.1 Å². The molecule has 0 aromatic heterocycles. The molecule has 2 N–H and O–H groups in total. The molecule has 6 nitrogen and oxygen atoms in total. The molecule has 0 unspecified atom stereocenters. The molecule has 2 saturated heterocycles. The zero-order valence-electron chi connectivity index (χ0n) is 12.3. The SMILES string of the molecule is CC1=C(C)[C@H]2[C@H]3C(=O)NC(=O)[C@@H]3[C@@H]1[C@@H]1[C@H]3C(=O)NC(=O)[C@@H]3[C@H]21. The van der Waals surface area contributed by atoms with Gasteiger partial charge >= 0.3 is 0 Å². The van der Waals surface area contributed by atoms with Gasteiger partial charge in [0.2, 0.25) is 23.6 Å². The van der Waals surface area contributed by atoms with Gasteiger partial charge in [0.1, 0.15) is 0 Å². The van der Waals surface area contributed by atoms with Crippen LogP contribution in [-0.2, 0) is 19.2 Å². The van der Waals surface area contributed by atoms with Crippen LogP contribution in [0.1, 0.15) is 13.8 Å². The molecule has 0 spiro atoms. The molecule has 0 aromatic carbocycles. The number of imide groups is 2. The van der Waals surface area contributed by atoms with E-state index >= 15 is 0 Å². The molecule has 4 amide bonds. The molecule has 8 atom stereocenters. The normalized spacial score (nSPS) is 51.2. The van der Waals surface area contributed by atoms with Crippen LogP contribution in [0, 0.1) is 47.3 Å². The van der Waals surface area contributed by atoms with E-state index in [1.54, 1.807) is 0 Å². The molecule has 0 aromatic rings. The van der Waals surface area contributed by atoms with Crippen LogP contribution in [0.15, 0.2) is 11.1 Å². The largest absolute Gasteiger partial charge is 0.296 e. The zero-order chi connectivity index (χ0) is 15.5. The molecule has 2 heterocycles. The van der Waals surface area contributed by atoms with Crippen molar-refractivity contribution in [2.24, 2.45) is 47.3 Å². The second-order valence-electron chi connectivity index (χ2n) is 7.38. The molecule has 6 aliphatic rings. The predicted molar refractivity (Wildman–Crippen MR) is 72.6 cm³/mol. The molecular weight excluding hydrogens is 284 g/mol. The lowest BCUT2D eigenvalue weighted by Gasteiger charge is -2.63. The van der Waals surface area contributed by atoms with E-state index in [9.17, 15) is 19.2 Å². The topological polar surface area (TPSA) is 92.3 Å². The van der Waals surface area contributed by atoms with Gasteiger partial charge in [-0.2, -0.15) is 0 Å². The highest BCUT2D eigenvalue weighted by atomic mass is 16.2. The Labute approximate surface area is 126 Å². The van der Waals surface area contributed by atoms with Crippen LogP contribution in [0.3, 0.4) is 0 Å². The second-order valence-corrected chi connectivity index (χ2v) is 7.38. The van der Waals surface area contributed by atoms with Crippen LogP contribution < -0.4 is 10.6 Å². The third-order valence-corrected chi connectivity index (χ3v) is 6.98. The number of rotatable bonds is 0. The van der Waals surface area contributed by atoms with Gasteiger partial charge in [0.15, 0.2) is 0 Å². The van der Waals surface area contributed by atoms with Crippen LogP contribution >= 0.6 is 0 Å². The monoisotopic (exact) mass is 300 g/mol. The highest BCUT2D eigenvalue weighted by Gasteiger charge is 2.74. The van der Waals surface area contributed by atoms with Gasteiger partial charge in [-0.05, 0) is 37.5 Å². The van der Waals surface area contributed by atoms with Crippen molar-refractivity contribution in [3.63, 3.8) is 0 Å². The predicted octanol–water partition coefficient (Wildman–Crippen LogP) is -0.394. The van der Waals surface area contributed by atoms with Crippen molar-refractivity contribution in [3.8, 4) is 0 Å². The maximum atomic E-state index is 12.3. The minimum Gasteiger partial charge on any atom is -0.296 e. The van der Waals surface area contributed by atoms with E-state index in [0.29, 0.717) is 0 Å². The minimum absolute atomic E-state index is 0.0306. The fourth-order valence-corrected chi connectivity index (χ4v) is 6.21. The van der Waals surface area contributed by atoms with Gasteiger partial charge < -0.3 is 0 Å². The van der Waals surface area contributed by atoms with Crippen LogP contribution in [0.2, 0.25) is 0 Å². The molecule has 114 valence electrons. The maximum absolute atomic E-state index is 12.3. The maximum Gasteiger partial charge on any atom is 0.231 e. The molecule has 4 aliphatic carbocycles. The number of carbonyl (C=O) groups is 4. The van der Waals surface area contributed by atoms with Gasteiger partial charge in [-0.25, -0.2) is 0 Å². The number of fused-ring (bicyclic) bond motifs is 1. The van der Waals surface area contributed by atoms with Crippen molar-refractivity contribution in [2.45, 2.75) is 13.8 Å². The van der Waals surface area contributed by atoms with E-state index in [4.69, 9.17) is 0 Å². The third kappa shape index (κ3) is 1.06. The van der Waals surface area contributed by atoms with E-state index in [-0.39, 0.29) is 71.0 Å². The van der Waals surface area contributed by atoms with Crippen LogP contribution in [0.4, 0.5) is 0 Å². The summed E-state index contributed by atoms with van der Waals surface area (Å²) >= 11 is 0. The Kier molecular flexibility index (Phi) is 2.00. The van der Waals surface area contributed by atoms with Gasteiger partial charge in [0.25, 0.3) is 0 Å². The van der Waals surface area contributed by atoms with E-state index < -0.39 is 0 Å². The second kappa shape index (κ2) is 3.50. The molecule has 6 rings (SSSR count). The Bertz CT molecular complexity index is 666.